The van der Waals surface area contributed by atoms with Crippen molar-refractivity contribution >= 4 is 0 Å². The van der Waals surface area contributed by atoms with Crippen molar-refractivity contribution in [3.63, 3.8) is 0 Å². The monoisotopic (exact) mass is 254 g/mol. The normalized spacial score (nSPS) is 19.8. The zero-order valence-corrected chi connectivity index (χ0v) is 11.0. The van der Waals surface area contributed by atoms with Crippen LogP contribution >= 0.6 is 0 Å². The van der Waals surface area contributed by atoms with Gasteiger partial charge in [0.1, 0.15) is 12.2 Å². The molecule has 2 heteroatoms. The lowest BCUT2D eigenvalue weighted by atomic mass is 9.91. The molecule has 0 radical (unpaired) electrons. The first kappa shape index (κ1) is 12.4. The van der Waals surface area contributed by atoms with Crippen LogP contribution in [-0.4, -0.2) is 11.7 Å². The molecule has 2 aromatic rings. The van der Waals surface area contributed by atoms with E-state index in [9.17, 15) is 5.11 Å². The van der Waals surface area contributed by atoms with E-state index in [1.807, 2.05) is 43.3 Å². The molecule has 0 bridgehead atoms. The Morgan fingerprint density at radius 2 is 2.00 bits per heavy atom. The molecule has 0 saturated carbocycles. The van der Waals surface area contributed by atoms with Crippen molar-refractivity contribution in [2.75, 3.05) is 6.61 Å². The Morgan fingerprint density at radius 3 is 2.84 bits per heavy atom. The molecule has 19 heavy (non-hydrogen) atoms. The highest BCUT2D eigenvalue weighted by molar-refractivity contribution is 5.34. The van der Waals surface area contributed by atoms with Gasteiger partial charge in [0.25, 0.3) is 0 Å². The van der Waals surface area contributed by atoms with Gasteiger partial charge in [-0.15, -0.1) is 0 Å². The maximum Gasteiger partial charge on any atom is 0.113 e. The van der Waals surface area contributed by atoms with E-state index in [-0.39, 0.29) is 6.10 Å². The summed E-state index contributed by atoms with van der Waals surface area (Å²) in [5.41, 5.74) is 4.47. The Morgan fingerprint density at radius 1 is 1.16 bits per heavy atom. The second kappa shape index (κ2) is 5.16. The molecule has 2 atom stereocenters. The highest BCUT2D eigenvalue weighted by Crippen LogP contribution is 2.36. The molecule has 0 saturated heterocycles. The Hall–Kier alpha value is -1.64. The van der Waals surface area contributed by atoms with Gasteiger partial charge < -0.3 is 9.84 Å². The number of aliphatic hydroxyl groups is 1. The molecule has 1 aliphatic heterocycles. The fourth-order valence-corrected chi connectivity index (χ4v) is 2.72. The predicted molar refractivity (Wildman–Crippen MR) is 75.0 cm³/mol. The topological polar surface area (TPSA) is 29.5 Å². The van der Waals surface area contributed by atoms with E-state index in [1.165, 1.54) is 5.56 Å². The fraction of sp³-hybridized carbons (Fsp3) is 0.294. The first-order chi connectivity index (χ1) is 9.25. The third-order valence-corrected chi connectivity index (χ3v) is 3.70. The maximum absolute atomic E-state index is 10.6. The lowest BCUT2D eigenvalue weighted by molar-refractivity contribution is -0.0483. The molecule has 0 spiro atoms. The van der Waals surface area contributed by atoms with E-state index in [0.717, 1.165) is 23.1 Å². The van der Waals surface area contributed by atoms with Crippen LogP contribution in [0.25, 0.3) is 0 Å². The fourth-order valence-electron chi connectivity index (χ4n) is 2.72. The van der Waals surface area contributed by atoms with Gasteiger partial charge in [0.15, 0.2) is 0 Å². The maximum atomic E-state index is 10.6. The average Bonchev–Trinajstić information content (AvgIpc) is 2.46. The molecule has 3 rings (SSSR count). The molecule has 1 heterocycles. The minimum atomic E-state index is -0.610. The van der Waals surface area contributed by atoms with Gasteiger partial charge >= 0.3 is 0 Å². The Bertz CT molecular complexity index is 577. The van der Waals surface area contributed by atoms with Crippen molar-refractivity contribution in [1.29, 1.82) is 0 Å². The van der Waals surface area contributed by atoms with E-state index < -0.39 is 6.10 Å². The number of benzene rings is 2. The van der Waals surface area contributed by atoms with Gasteiger partial charge in [-0.1, -0.05) is 54.1 Å². The molecule has 98 valence electrons. The predicted octanol–water partition coefficient (Wildman–Crippen LogP) is 3.34. The molecular formula is C17H18O2. The zero-order chi connectivity index (χ0) is 13.2. The number of hydrogen-bond donors (Lipinski definition) is 1. The molecule has 0 fully saturated rings. The third-order valence-electron chi connectivity index (χ3n) is 3.70. The second-order valence-electron chi connectivity index (χ2n) is 5.10. The van der Waals surface area contributed by atoms with Crippen molar-refractivity contribution in [3.8, 4) is 0 Å². The molecule has 2 unspecified atom stereocenters. The smallest absolute Gasteiger partial charge is 0.113 e. The van der Waals surface area contributed by atoms with Gasteiger partial charge in [-0.05, 0) is 30.0 Å². The van der Waals surface area contributed by atoms with Crippen molar-refractivity contribution < 1.29 is 9.84 Å². The van der Waals surface area contributed by atoms with Gasteiger partial charge in [0.2, 0.25) is 0 Å². The third kappa shape index (κ3) is 2.42. The van der Waals surface area contributed by atoms with Gasteiger partial charge in [-0.25, -0.2) is 0 Å². The zero-order valence-electron chi connectivity index (χ0n) is 11.0. The van der Waals surface area contributed by atoms with Crippen LogP contribution < -0.4 is 0 Å². The van der Waals surface area contributed by atoms with E-state index >= 15 is 0 Å². The van der Waals surface area contributed by atoms with Crippen molar-refractivity contribution in [2.45, 2.75) is 25.6 Å². The van der Waals surface area contributed by atoms with E-state index in [2.05, 4.69) is 12.1 Å². The minimum Gasteiger partial charge on any atom is -0.385 e. The summed E-state index contributed by atoms with van der Waals surface area (Å²) in [5.74, 6) is 0. The molecule has 0 aromatic heterocycles. The van der Waals surface area contributed by atoms with E-state index in [0.29, 0.717) is 6.61 Å². The number of aryl methyl sites for hydroxylation is 1. The van der Waals surface area contributed by atoms with Gasteiger partial charge in [-0.2, -0.15) is 0 Å². The highest BCUT2D eigenvalue weighted by atomic mass is 16.5. The standard InChI is InChI=1S/C17H18O2/c1-12-5-4-7-14(11-12)16(18)17-15-8-3-2-6-13(15)9-10-19-17/h2-8,11,16-18H,9-10H2,1H3. The lowest BCUT2D eigenvalue weighted by Gasteiger charge is -2.30. The van der Waals surface area contributed by atoms with Gasteiger partial charge in [-0.3, -0.25) is 0 Å². The largest absolute Gasteiger partial charge is 0.385 e. The summed E-state index contributed by atoms with van der Waals surface area (Å²) in [4.78, 5) is 0. The lowest BCUT2D eigenvalue weighted by Crippen LogP contribution is -2.22. The second-order valence-corrected chi connectivity index (χ2v) is 5.10. The van der Waals surface area contributed by atoms with Crippen LogP contribution in [0.3, 0.4) is 0 Å². The van der Waals surface area contributed by atoms with Crippen LogP contribution in [0.15, 0.2) is 48.5 Å². The first-order valence-electron chi connectivity index (χ1n) is 6.70. The van der Waals surface area contributed by atoms with E-state index in [1.54, 1.807) is 0 Å². The SMILES string of the molecule is Cc1cccc(C(O)C2OCCc3ccccc32)c1. The summed E-state index contributed by atoms with van der Waals surface area (Å²) in [6, 6.07) is 16.2. The van der Waals surface area contributed by atoms with Crippen LogP contribution in [0.5, 0.6) is 0 Å². The van der Waals surface area contributed by atoms with Crippen LogP contribution in [0, 0.1) is 6.92 Å². The first-order valence-corrected chi connectivity index (χ1v) is 6.70. The van der Waals surface area contributed by atoms with Crippen molar-refractivity contribution in [1.82, 2.24) is 0 Å². The molecule has 1 N–H and O–H groups in total. The number of rotatable bonds is 2. The summed E-state index contributed by atoms with van der Waals surface area (Å²) in [6.07, 6.45) is 0.0563. The molecule has 0 amide bonds. The van der Waals surface area contributed by atoms with E-state index in [4.69, 9.17) is 4.74 Å². The quantitative estimate of drug-likeness (QED) is 0.890. The van der Waals surface area contributed by atoms with Crippen LogP contribution in [0.2, 0.25) is 0 Å². The molecule has 0 aliphatic carbocycles. The molecule has 1 aliphatic rings. The summed E-state index contributed by atoms with van der Waals surface area (Å²) in [6.45, 7) is 2.70. The van der Waals surface area contributed by atoms with Crippen molar-refractivity contribution in [3.05, 3.63) is 70.8 Å². The number of aliphatic hydroxyl groups excluding tert-OH is 1. The summed E-state index contributed by atoms with van der Waals surface area (Å²) in [7, 11) is 0. The summed E-state index contributed by atoms with van der Waals surface area (Å²) < 4.78 is 5.81. The highest BCUT2D eigenvalue weighted by Gasteiger charge is 2.28. The Balaban J connectivity index is 1.95. The van der Waals surface area contributed by atoms with Crippen LogP contribution in [0.1, 0.15) is 34.5 Å². The Kier molecular flexibility index (Phi) is 3.36. The van der Waals surface area contributed by atoms with Gasteiger partial charge in [0, 0.05) is 0 Å². The number of hydrogen-bond acceptors (Lipinski definition) is 2. The Labute approximate surface area is 113 Å². The van der Waals surface area contributed by atoms with Crippen LogP contribution in [-0.2, 0) is 11.2 Å². The molecule has 2 aromatic carbocycles. The van der Waals surface area contributed by atoms with Gasteiger partial charge in [0.05, 0.1) is 6.61 Å². The number of ether oxygens (including phenoxy) is 1. The minimum absolute atomic E-state index is 0.258. The van der Waals surface area contributed by atoms with Crippen LogP contribution in [0.4, 0.5) is 0 Å². The summed E-state index contributed by atoms with van der Waals surface area (Å²) >= 11 is 0. The molecular weight excluding hydrogens is 236 g/mol. The molecule has 2 nitrogen and oxygen atoms in total. The van der Waals surface area contributed by atoms with Crippen molar-refractivity contribution in [2.24, 2.45) is 0 Å². The summed E-state index contributed by atoms with van der Waals surface area (Å²) in [5, 5.41) is 10.6. The average molecular weight is 254 g/mol. The number of fused-ring (bicyclic) bond motifs is 1.